The highest BCUT2D eigenvalue weighted by Crippen LogP contribution is 2.04. The molecule has 0 aliphatic rings. The average molecular weight is 260 g/mol. The molecule has 0 atom stereocenters. The lowest BCUT2D eigenvalue weighted by Crippen LogP contribution is -2.38. The van der Waals surface area contributed by atoms with Crippen molar-refractivity contribution in [2.75, 3.05) is 25.0 Å². The van der Waals surface area contributed by atoms with Gasteiger partial charge in [0.1, 0.15) is 6.54 Å². The van der Waals surface area contributed by atoms with Crippen molar-refractivity contribution in [1.82, 2.24) is 10.6 Å². The van der Waals surface area contributed by atoms with Crippen LogP contribution >= 0.6 is 0 Å². The van der Waals surface area contributed by atoms with Crippen molar-refractivity contribution in [3.63, 3.8) is 0 Å². The Balaban J connectivity index is 2.47. The number of rotatable bonds is 6. The van der Waals surface area contributed by atoms with Gasteiger partial charge in [0.05, 0.1) is 0 Å². The number of nitrogens with one attached hydrogen (secondary N) is 3. The maximum Gasteiger partial charge on any atom is 0.246 e. The summed E-state index contributed by atoms with van der Waals surface area (Å²) in [5, 5.41) is 8.85. The monoisotopic (exact) mass is 260 g/mol. The molecule has 19 heavy (non-hydrogen) atoms. The smallest absolute Gasteiger partial charge is 0.246 e. The van der Waals surface area contributed by atoms with Gasteiger partial charge in [-0.1, -0.05) is 24.3 Å². The molecule has 0 saturated heterocycles. The molecule has 0 radical (unpaired) electrons. The number of amides is 1. The van der Waals surface area contributed by atoms with Crippen LogP contribution in [0.3, 0.4) is 0 Å². The third kappa shape index (κ3) is 6.26. The predicted octanol–water partition coefficient (Wildman–Crippen LogP) is 1.37. The van der Waals surface area contributed by atoms with Crippen LogP contribution in [0.2, 0.25) is 0 Å². The highest BCUT2D eigenvalue weighted by Gasteiger charge is 2.01. The first kappa shape index (κ1) is 14.8. The van der Waals surface area contributed by atoms with Gasteiger partial charge in [-0.25, -0.2) is 4.99 Å². The number of benzene rings is 1. The van der Waals surface area contributed by atoms with E-state index >= 15 is 0 Å². The van der Waals surface area contributed by atoms with Gasteiger partial charge in [0, 0.05) is 18.8 Å². The van der Waals surface area contributed by atoms with E-state index in [1.807, 2.05) is 37.3 Å². The molecule has 0 saturated carbocycles. The van der Waals surface area contributed by atoms with Crippen LogP contribution in [0.25, 0.3) is 0 Å². The van der Waals surface area contributed by atoms with Crippen molar-refractivity contribution in [2.24, 2.45) is 4.99 Å². The van der Waals surface area contributed by atoms with Gasteiger partial charge in [-0.15, -0.1) is 6.58 Å². The number of nitrogens with zero attached hydrogens (tertiary/aromatic N) is 1. The van der Waals surface area contributed by atoms with E-state index in [-0.39, 0.29) is 12.5 Å². The van der Waals surface area contributed by atoms with Crippen molar-refractivity contribution in [3.8, 4) is 0 Å². The Morgan fingerprint density at radius 2 is 2.05 bits per heavy atom. The largest absolute Gasteiger partial charge is 0.357 e. The zero-order valence-corrected chi connectivity index (χ0v) is 11.1. The Morgan fingerprint density at radius 3 is 2.68 bits per heavy atom. The molecular formula is C14H20N4O. The zero-order valence-electron chi connectivity index (χ0n) is 11.1. The minimum atomic E-state index is -0.151. The quantitative estimate of drug-likeness (QED) is 0.411. The third-order valence-corrected chi connectivity index (χ3v) is 2.20. The van der Waals surface area contributed by atoms with E-state index in [1.165, 1.54) is 0 Å². The molecule has 5 nitrogen and oxygen atoms in total. The Labute approximate surface area is 113 Å². The van der Waals surface area contributed by atoms with Gasteiger partial charge in [0.2, 0.25) is 5.91 Å². The normalized spacial score (nSPS) is 10.7. The Hall–Kier alpha value is -2.30. The summed E-state index contributed by atoms with van der Waals surface area (Å²) in [6, 6.07) is 9.31. The van der Waals surface area contributed by atoms with E-state index in [0.29, 0.717) is 12.5 Å². The van der Waals surface area contributed by atoms with Crippen LogP contribution in [-0.4, -0.2) is 31.5 Å². The summed E-state index contributed by atoms with van der Waals surface area (Å²) in [5.74, 6) is 0.451. The van der Waals surface area contributed by atoms with Crippen molar-refractivity contribution in [1.29, 1.82) is 0 Å². The molecule has 0 aliphatic carbocycles. The summed E-state index contributed by atoms with van der Waals surface area (Å²) in [7, 11) is 0. The van der Waals surface area contributed by atoms with Crippen molar-refractivity contribution in [2.45, 2.75) is 6.92 Å². The average Bonchev–Trinajstić information content (AvgIpc) is 2.43. The first-order valence-electron chi connectivity index (χ1n) is 6.24. The van der Waals surface area contributed by atoms with E-state index in [9.17, 15) is 4.79 Å². The molecular weight excluding hydrogens is 240 g/mol. The molecule has 0 unspecified atom stereocenters. The molecule has 0 aliphatic heterocycles. The molecule has 0 fully saturated rings. The number of carbonyl (C=O) groups excluding carboxylic acids is 1. The number of carbonyl (C=O) groups is 1. The highest BCUT2D eigenvalue weighted by molar-refractivity contribution is 5.94. The number of anilines is 1. The third-order valence-electron chi connectivity index (χ3n) is 2.20. The van der Waals surface area contributed by atoms with Gasteiger partial charge in [-0.05, 0) is 19.1 Å². The number of guanidine groups is 1. The molecule has 1 aromatic rings. The second kappa shape index (κ2) is 8.74. The van der Waals surface area contributed by atoms with E-state index in [2.05, 4.69) is 27.5 Å². The molecule has 1 amide bonds. The van der Waals surface area contributed by atoms with Crippen LogP contribution in [0.5, 0.6) is 0 Å². The maximum absolute atomic E-state index is 11.7. The summed E-state index contributed by atoms with van der Waals surface area (Å²) < 4.78 is 0. The predicted molar refractivity (Wildman–Crippen MR) is 79.3 cm³/mol. The van der Waals surface area contributed by atoms with Gasteiger partial charge >= 0.3 is 0 Å². The maximum atomic E-state index is 11.7. The first-order chi connectivity index (χ1) is 9.26. The number of para-hydroxylation sites is 1. The van der Waals surface area contributed by atoms with E-state index in [4.69, 9.17) is 0 Å². The Kier molecular flexibility index (Phi) is 6.79. The Morgan fingerprint density at radius 1 is 1.32 bits per heavy atom. The van der Waals surface area contributed by atoms with E-state index < -0.39 is 0 Å². The minimum absolute atomic E-state index is 0.0708. The van der Waals surface area contributed by atoms with Gasteiger partial charge in [0.25, 0.3) is 0 Å². The summed E-state index contributed by atoms with van der Waals surface area (Å²) in [6.07, 6.45) is 1.73. The summed E-state index contributed by atoms with van der Waals surface area (Å²) in [5.41, 5.74) is 0.770. The number of aliphatic imine (C=N–C) groups is 1. The number of hydrogen-bond donors (Lipinski definition) is 3. The molecule has 0 spiro atoms. The molecule has 3 N–H and O–H groups in total. The van der Waals surface area contributed by atoms with Crippen molar-refractivity contribution in [3.05, 3.63) is 43.0 Å². The summed E-state index contributed by atoms with van der Waals surface area (Å²) in [4.78, 5) is 15.9. The molecule has 102 valence electrons. The van der Waals surface area contributed by atoms with Crippen LogP contribution < -0.4 is 16.0 Å². The fourth-order valence-corrected chi connectivity index (χ4v) is 1.38. The van der Waals surface area contributed by atoms with Crippen LogP contribution in [0, 0.1) is 0 Å². The van der Waals surface area contributed by atoms with Crippen molar-refractivity contribution < 1.29 is 4.79 Å². The lowest BCUT2D eigenvalue weighted by atomic mass is 10.3. The van der Waals surface area contributed by atoms with E-state index in [0.717, 1.165) is 12.2 Å². The van der Waals surface area contributed by atoms with Crippen molar-refractivity contribution >= 4 is 17.6 Å². The molecule has 0 heterocycles. The zero-order chi connectivity index (χ0) is 13.9. The van der Waals surface area contributed by atoms with Gasteiger partial charge in [0.15, 0.2) is 5.96 Å². The number of hydrogen-bond acceptors (Lipinski definition) is 2. The standard InChI is InChI=1S/C14H20N4O/c1-3-10-16-14(15-4-2)17-11-13(19)18-12-8-6-5-7-9-12/h3,5-9H,1,4,10-11H2,2H3,(H,18,19)(H2,15,16,17). The van der Waals surface area contributed by atoms with Gasteiger partial charge < -0.3 is 16.0 Å². The van der Waals surface area contributed by atoms with Gasteiger partial charge in [-0.2, -0.15) is 0 Å². The second-order valence-corrected chi connectivity index (χ2v) is 3.78. The molecule has 0 aromatic heterocycles. The molecule has 5 heteroatoms. The minimum Gasteiger partial charge on any atom is -0.357 e. The SMILES string of the molecule is C=CCNC(=NCC(=O)Nc1ccccc1)NCC. The van der Waals surface area contributed by atoms with Gasteiger partial charge in [-0.3, -0.25) is 4.79 Å². The lowest BCUT2D eigenvalue weighted by Gasteiger charge is -2.09. The molecule has 0 bridgehead atoms. The lowest BCUT2D eigenvalue weighted by molar-refractivity contribution is -0.114. The fourth-order valence-electron chi connectivity index (χ4n) is 1.38. The fraction of sp³-hybridized carbons (Fsp3) is 0.286. The van der Waals surface area contributed by atoms with Crippen LogP contribution in [-0.2, 0) is 4.79 Å². The van der Waals surface area contributed by atoms with E-state index in [1.54, 1.807) is 6.08 Å². The molecule has 1 rings (SSSR count). The van der Waals surface area contributed by atoms with Crippen LogP contribution in [0.15, 0.2) is 48.0 Å². The van der Waals surface area contributed by atoms with Crippen LogP contribution in [0.4, 0.5) is 5.69 Å². The topological polar surface area (TPSA) is 65.5 Å². The summed E-state index contributed by atoms with van der Waals surface area (Å²) >= 11 is 0. The highest BCUT2D eigenvalue weighted by atomic mass is 16.1. The Bertz CT molecular complexity index is 428. The second-order valence-electron chi connectivity index (χ2n) is 3.78. The first-order valence-corrected chi connectivity index (χ1v) is 6.24. The summed E-state index contributed by atoms with van der Waals surface area (Å²) in [6.45, 7) is 7.00. The van der Waals surface area contributed by atoms with Crippen LogP contribution in [0.1, 0.15) is 6.92 Å². The molecule has 1 aromatic carbocycles.